The van der Waals surface area contributed by atoms with Crippen molar-refractivity contribution in [3.05, 3.63) is 9.90 Å². The molecule has 1 heterocycles. The highest BCUT2D eigenvalue weighted by Crippen LogP contribution is 2.37. The molecule has 0 atom stereocenters. The van der Waals surface area contributed by atoms with Gasteiger partial charge in [0.25, 0.3) is 0 Å². The lowest BCUT2D eigenvalue weighted by Gasteiger charge is -2.01. The van der Waals surface area contributed by atoms with Gasteiger partial charge in [0, 0.05) is 6.04 Å². The third-order valence-corrected chi connectivity index (χ3v) is 2.49. The SMILES string of the molecule is Nc1ncc(I)n1C1CC1. The highest BCUT2D eigenvalue weighted by atomic mass is 127. The van der Waals surface area contributed by atoms with E-state index in [4.69, 9.17) is 5.73 Å². The molecule has 2 rings (SSSR count). The van der Waals surface area contributed by atoms with Crippen LogP contribution in [0.3, 0.4) is 0 Å². The lowest BCUT2D eigenvalue weighted by atomic mass is 10.7. The number of nitrogens with two attached hydrogens (primary N) is 1. The third-order valence-electron chi connectivity index (χ3n) is 1.69. The maximum absolute atomic E-state index is 5.63. The molecule has 1 aromatic rings. The van der Waals surface area contributed by atoms with Gasteiger partial charge in [-0.1, -0.05) is 0 Å². The van der Waals surface area contributed by atoms with Crippen molar-refractivity contribution >= 4 is 28.5 Å². The van der Waals surface area contributed by atoms with Crippen LogP contribution in [0, 0.1) is 3.70 Å². The van der Waals surface area contributed by atoms with Crippen LogP contribution in [-0.2, 0) is 0 Å². The Balaban J connectivity index is 2.44. The van der Waals surface area contributed by atoms with Gasteiger partial charge in [-0.3, -0.25) is 0 Å². The quantitative estimate of drug-likeness (QED) is 0.764. The Bertz CT molecular complexity index is 232. The van der Waals surface area contributed by atoms with Gasteiger partial charge in [0.05, 0.1) is 6.20 Å². The van der Waals surface area contributed by atoms with E-state index >= 15 is 0 Å². The van der Waals surface area contributed by atoms with E-state index < -0.39 is 0 Å². The van der Waals surface area contributed by atoms with Crippen LogP contribution in [0.2, 0.25) is 0 Å². The van der Waals surface area contributed by atoms with Crippen LogP contribution in [0.4, 0.5) is 5.95 Å². The monoisotopic (exact) mass is 249 g/mol. The van der Waals surface area contributed by atoms with Crippen molar-refractivity contribution in [3.63, 3.8) is 0 Å². The van der Waals surface area contributed by atoms with Crippen molar-refractivity contribution in [1.29, 1.82) is 0 Å². The second-order valence-corrected chi connectivity index (χ2v) is 3.65. The fraction of sp³-hybridized carbons (Fsp3) is 0.500. The Labute approximate surface area is 72.8 Å². The van der Waals surface area contributed by atoms with Crippen molar-refractivity contribution in [3.8, 4) is 0 Å². The molecule has 1 fully saturated rings. The minimum absolute atomic E-state index is 0.648. The maximum atomic E-state index is 5.63. The Hall–Kier alpha value is -0.260. The van der Waals surface area contributed by atoms with E-state index in [2.05, 4.69) is 32.1 Å². The topological polar surface area (TPSA) is 43.8 Å². The van der Waals surface area contributed by atoms with Crippen molar-refractivity contribution in [2.24, 2.45) is 0 Å². The Kier molecular flexibility index (Phi) is 1.36. The summed E-state index contributed by atoms with van der Waals surface area (Å²) < 4.78 is 3.25. The Morgan fingerprint density at radius 3 is 2.80 bits per heavy atom. The zero-order valence-electron chi connectivity index (χ0n) is 5.42. The minimum atomic E-state index is 0.648. The van der Waals surface area contributed by atoms with Crippen molar-refractivity contribution in [1.82, 2.24) is 9.55 Å². The van der Waals surface area contributed by atoms with Crippen LogP contribution >= 0.6 is 22.6 Å². The summed E-state index contributed by atoms with van der Waals surface area (Å²) in [6.45, 7) is 0. The van der Waals surface area contributed by atoms with Crippen molar-refractivity contribution in [2.45, 2.75) is 18.9 Å². The summed E-state index contributed by atoms with van der Waals surface area (Å²) in [5, 5.41) is 0. The first kappa shape index (κ1) is 6.45. The molecule has 1 aliphatic carbocycles. The van der Waals surface area contributed by atoms with Crippen LogP contribution in [0.1, 0.15) is 18.9 Å². The van der Waals surface area contributed by atoms with Gasteiger partial charge in [-0.25, -0.2) is 4.98 Å². The van der Waals surface area contributed by atoms with Gasteiger partial charge < -0.3 is 10.3 Å². The molecule has 0 bridgehead atoms. The highest BCUT2D eigenvalue weighted by molar-refractivity contribution is 14.1. The molecule has 1 aromatic heterocycles. The minimum Gasteiger partial charge on any atom is -0.369 e. The van der Waals surface area contributed by atoms with Crippen molar-refractivity contribution < 1.29 is 0 Å². The summed E-state index contributed by atoms with van der Waals surface area (Å²) in [5.74, 6) is 0.659. The van der Waals surface area contributed by atoms with Gasteiger partial charge in [0.2, 0.25) is 5.95 Å². The Morgan fingerprint density at radius 2 is 2.40 bits per heavy atom. The first-order valence-electron chi connectivity index (χ1n) is 3.27. The Morgan fingerprint density at radius 1 is 1.70 bits per heavy atom. The average molecular weight is 249 g/mol. The summed E-state index contributed by atoms with van der Waals surface area (Å²) in [7, 11) is 0. The lowest BCUT2D eigenvalue weighted by Crippen LogP contribution is -2.02. The van der Waals surface area contributed by atoms with Crippen LogP contribution in [0.15, 0.2) is 6.20 Å². The standard InChI is InChI=1S/C6H8IN3/c7-5-3-9-6(8)10(5)4-1-2-4/h3-4H,1-2H2,(H2,8,9). The van der Waals surface area contributed by atoms with Gasteiger partial charge in [0.1, 0.15) is 3.70 Å². The number of imidazole rings is 1. The maximum Gasteiger partial charge on any atom is 0.201 e. The predicted molar refractivity (Wildman–Crippen MR) is 47.6 cm³/mol. The van der Waals surface area contributed by atoms with E-state index in [0.29, 0.717) is 12.0 Å². The molecule has 0 amide bonds. The number of rotatable bonds is 1. The van der Waals surface area contributed by atoms with Gasteiger partial charge in [0.15, 0.2) is 0 Å². The summed E-state index contributed by atoms with van der Waals surface area (Å²) in [5.41, 5.74) is 5.63. The van der Waals surface area contributed by atoms with E-state index in [0.717, 1.165) is 3.70 Å². The molecule has 1 saturated carbocycles. The fourth-order valence-corrected chi connectivity index (χ4v) is 1.83. The highest BCUT2D eigenvalue weighted by Gasteiger charge is 2.26. The molecule has 1 aliphatic rings. The fourth-order valence-electron chi connectivity index (χ4n) is 1.05. The molecule has 0 aliphatic heterocycles. The van der Waals surface area contributed by atoms with E-state index in [9.17, 15) is 0 Å². The molecular formula is C6H8IN3. The smallest absolute Gasteiger partial charge is 0.201 e. The molecule has 0 aromatic carbocycles. The van der Waals surface area contributed by atoms with E-state index in [1.54, 1.807) is 0 Å². The van der Waals surface area contributed by atoms with Gasteiger partial charge in [-0.2, -0.15) is 0 Å². The lowest BCUT2D eigenvalue weighted by molar-refractivity contribution is 0.735. The average Bonchev–Trinajstić information content (AvgIpc) is 2.64. The first-order chi connectivity index (χ1) is 4.79. The second-order valence-electron chi connectivity index (χ2n) is 2.54. The third kappa shape index (κ3) is 0.902. The number of aromatic nitrogens is 2. The summed E-state index contributed by atoms with van der Waals surface area (Å²) in [6.07, 6.45) is 4.33. The van der Waals surface area contributed by atoms with Gasteiger partial charge in [-0.05, 0) is 35.4 Å². The molecule has 2 N–H and O–H groups in total. The van der Waals surface area contributed by atoms with E-state index in [1.165, 1.54) is 12.8 Å². The molecular weight excluding hydrogens is 241 g/mol. The normalized spacial score (nSPS) is 17.7. The summed E-state index contributed by atoms with van der Waals surface area (Å²) >= 11 is 2.26. The molecule has 10 heavy (non-hydrogen) atoms. The van der Waals surface area contributed by atoms with Crippen molar-refractivity contribution in [2.75, 3.05) is 5.73 Å². The van der Waals surface area contributed by atoms with Crippen LogP contribution in [0.5, 0.6) is 0 Å². The largest absolute Gasteiger partial charge is 0.369 e. The van der Waals surface area contributed by atoms with Gasteiger partial charge in [-0.15, -0.1) is 0 Å². The van der Waals surface area contributed by atoms with E-state index in [-0.39, 0.29) is 0 Å². The van der Waals surface area contributed by atoms with Gasteiger partial charge >= 0.3 is 0 Å². The number of hydrogen-bond donors (Lipinski definition) is 1. The molecule has 0 saturated heterocycles. The number of halogens is 1. The number of hydrogen-bond acceptors (Lipinski definition) is 2. The van der Waals surface area contributed by atoms with Crippen LogP contribution in [-0.4, -0.2) is 9.55 Å². The molecule has 0 spiro atoms. The van der Waals surface area contributed by atoms with Crippen LogP contribution < -0.4 is 5.73 Å². The number of anilines is 1. The zero-order chi connectivity index (χ0) is 7.14. The summed E-state index contributed by atoms with van der Waals surface area (Å²) in [4.78, 5) is 4.01. The molecule has 4 heteroatoms. The molecule has 54 valence electrons. The first-order valence-corrected chi connectivity index (χ1v) is 4.35. The zero-order valence-corrected chi connectivity index (χ0v) is 7.58. The molecule has 0 unspecified atom stereocenters. The molecule has 3 nitrogen and oxygen atoms in total. The van der Waals surface area contributed by atoms with Crippen LogP contribution in [0.25, 0.3) is 0 Å². The number of nitrogens with zero attached hydrogens (tertiary/aromatic N) is 2. The summed E-state index contributed by atoms with van der Waals surface area (Å²) in [6, 6.07) is 0.648. The second kappa shape index (κ2) is 2.11. The number of nitrogen functional groups attached to an aromatic ring is 1. The molecule has 0 radical (unpaired) electrons. The van der Waals surface area contributed by atoms with E-state index in [1.807, 2.05) is 6.20 Å². The predicted octanol–water partition coefficient (Wildman–Crippen LogP) is 1.40.